The molecule has 2 amide bonds. The van der Waals surface area contributed by atoms with Crippen molar-refractivity contribution in [3.05, 3.63) is 59.0 Å². The average Bonchev–Trinajstić information content (AvgIpc) is 3.43. The third-order valence-corrected chi connectivity index (χ3v) is 6.29. The Bertz CT molecular complexity index is 1150. The number of nitrogens with one attached hydrogen (secondary N) is 2. The molecule has 0 saturated carbocycles. The van der Waals surface area contributed by atoms with Crippen LogP contribution < -0.4 is 15.5 Å². The van der Waals surface area contributed by atoms with Gasteiger partial charge in [-0.3, -0.25) is 9.59 Å². The molecule has 2 aromatic heterocycles. The molecule has 172 valence electrons. The van der Waals surface area contributed by atoms with Gasteiger partial charge in [0.2, 0.25) is 5.91 Å². The van der Waals surface area contributed by atoms with Gasteiger partial charge in [-0.2, -0.15) is 0 Å². The van der Waals surface area contributed by atoms with Crippen molar-refractivity contribution in [1.29, 1.82) is 0 Å². The number of hydrogen-bond donors (Lipinski definition) is 2. The Morgan fingerprint density at radius 3 is 2.70 bits per heavy atom. The molecule has 2 aliphatic heterocycles. The maximum absolute atomic E-state index is 14.9. The minimum absolute atomic E-state index is 0. The molecule has 2 aliphatic rings. The van der Waals surface area contributed by atoms with E-state index in [1.165, 1.54) is 22.3 Å². The van der Waals surface area contributed by atoms with Gasteiger partial charge in [-0.05, 0) is 29.8 Å². The first-order valence-electron chi connectivity index (χ1n) is 10.3. The number of rotatable bonds is 5. The van der Waals surface area contributed by atoms with Crippen LogP contribution in [0.4, 0.5) is 15.3 Å². The molecule has 0 bridgehead atoms. The molecule has 2 N–H and O–H groups in total. The van der Waals surface area contributed by atoms with Crippen LogP contribution in [0.2, 0.25) is 0 Å². The molecule has 11 heteroatoms. The number of amides is 2. The summed E-state index contributed by atoms with van der Waals surface area (Å²) in [6, 6.07) is 6.92. The Labute approximate surface area is 200 Å². The quantitative estimate of drug-likeness (QED) is 0.574. The Morgan fingerprint density at radius 2 is 2.00 bits per heavy atom. The second-order valence-corrected chi connectivity index (χ2v) is 8.57. The number of benzene rings is 1. The zero-order valence-electron chi connectivity index (χ0n) is 17.6. The van der Waals surface area contributed by atoms with Crippen molar-refractivity contribution in [2.45, 2.75) is 6.54 Å². The fraction of sp³-hybridized carbons (Fsp3) is 0.273. The molecule has 0 aliphatic carbocycles. The van der Waals surface area contributed by atoms with Gasteiger partial charge < -0.3 is 20.4 Å². The summed E-state index contributed by atoms with van der Waals surface area (Å²) in [6.07, 6.45) is 3.29. The van der Waals surface area contributed by atoms with E-state index in [1.54, 1.807) is 23.8 Å². The molecule has 1 fully saturated rings. The number of nitrogens with zero attached hydrogens (tertiary/aromatic N) is 4. The predicted octanol–water partition coefficient (Wildman–Crippen LogP) is 2.77. The molecule has 3 aromatic rings. The van der Waals surface area contributed by atoms with Gasteiger partial charge in [0.15, 0.2) is 5.13 Å². The van der Waals surface area contributed by atoms with Gasteiger partial charge in [0.25, 0.3) is 5.91 Å². The highest BCUT2D eigenvalue weighted by Gasteiger charge is 2.32. The zero-order valence-corrected chi connectivity index (χ0v) is 19.2. The van der Waals surface area contributed by atoms with Gasteiger partial charge >= 0.3 is 0 Å². The molecule has 0 spiro atoms. The standard InChI is InChI=1S/C22H21FN6O2S.ClH/c23-18-10-15(14-1-2-19(26-11-14)28-6-3-24-4-7-28)9-16-17(18)12-29(21(16)31)13-20(30)27-22-25-5-8-32-22;/h1-2,5,8-11,24H,3-4,6-7,12-13H2,(H,25,27,30);1H. The molecule has 0 unspecified atom stereocenters. The van der Waals surface area contributed by atoms with Crippen LogP contribution in [0, 0.1) is 5.82 Å². The highest BCUT2D eigenvalue weighted by molar-refractivity contribution is 7.13. The van der Waals surface area contributed by atoms with E-state index in [4.69, 9.17) is 0 Å². The number of pyridine rings is 1. The molecule has 4 heterocycles. The Hall–Kier alpha value is -3.08. The molecule has 0 atom stereocenters. The fourth-order valence-corrected chi connectivity index (χ4v) is 4.52. The predicted molar refractivity (Wildman–Crippen MR) is 127 cm³/mol. The minimum atomic E-state index is -0.458. The highest BCUT2D eigenvalue weighted by atomic mass is 35.5. The number of carbonyl (C=O) groups is 2. The van der Waals surface area contributed by atoms with Crippen molar-refractivity contribution in [1.82, 2.24) is 20.2 Å². The lowest BCUT2D eigenvalue weighted by atomic mass is 10.0. The first-order valence-corrected chi connectivity index (χ1v) is 11.2. The Balaban J connectivity index is 0.00000259. The lowest BCUT2D eigenvalue weighted by molar-refractivity contribution is -0.116. The van der Waals surface area contributed by atoms with Gasteiger partial charge in [0.1, 0.15) is 18.2 Å². The van der Waals surface area contributed by atoms with Crippen LogP contribution in [-0.2, 0) is 11.3 Å². The molecule has 1 aromatic carbocycles. The monoisotopic (exact) mass is 488 g/mol. The van der Waals surface area contributed by atoms with E-state index in [0.29, 0.717) is 16.3 Å². The highest BCUT2D eigenvalue weighted by Crippen LogP contribution is 2.31. The van der Waals surface area contributed by atoms with Crippen molar-refractivity contribution in [3.8, 4) is 11.1 Å². The van der Waals surface area contributed by atoms with Crippen molar-refractivity contribution >= 4 is 46.5 Å². The maximum Gasteiger partial charge on any atom is 0.255 e. The average molecular weight is 489 g/mol. The van der Waals surface area contributed by atoms with Crippen LogP contribution >= 0.6 is 23.7 Å². The second kappa shape index (κ2) is 9.82. The number of halogens is 2. The van der Waals surface area contributed by atoms with E-state index in [1.807, 2.05) is 12.1 Å². The molecule has 1 saturated heterocycles. The number of hydrogen-bond acceptors (Lipinski definition) is 7. The normalized spacial score (nSPS) is 15.2. The summed E-state index contributed by atoms with van der Waals surface area (Å²) in [5, 5.41) is 8.16. The first kappa shape index (κ1) is 23.1. The lowest BCUT2D eigenvalue weighted by Gasteiger charge is -2.28. The maximum atomic E-state index is 14.9. The van der Waals surface area contributed by atoms with Crippen molar-refractivity contribution in [2.75, 3.05) is 42.9 Å². The minimum Gasteiger partial charge on any atom is -0.354 e. The van der Waals surface area contributed by atoms with Gasteiger partial charge in [-0.15, -0.1) is 23.7 Å². The van der Waals surface area contributed by atoms with E-state index in [9.17, 15) is 14.0 Å². The van der Waals surface area contributed by atoms with Gasteiger partial charge in [-0.25, -0.2) is 14.4 Å². The summed E-state index contributed by atoms with van der Waals surface area (Å²) in [7, 11) is 0. The van der Waals surface area contributed by atoms with Gasteiger partial charge in [0.05, 0.1) is 6.54 Å². The summed E-state index contributed by atoms with van der Waals surface area (Å²) in [5.41, 5.74) is 1.92. The lowest BCUT2D eigenvalue weighted by Crippen LogP contribution is -2.43. The Kier molecular flexibility index (Phi) is 6.87. The topological polar surface area (TPSA) is 90.5 Å². The molecule has 33 heavy (non-hydrogen) atoms. The summed E-state index contributed by atoms with van der Waals surface area (Å²) in [5.74, 6) is -0.305. The SMILES string of the molecule is Cl.O=C(CN1Cc2c(F)cc(-c3ccc(N4CCNCC4)nc3)cc2C1=O)Nc1nccs1. The largest absolute Gasteiger partial charge is 0.354 e. The van der Waals surface area contributed by atoms with E-state index < -0.39 is 5.82 Å². The number of aromatic nitrogens is 2. The summed E-state index contributed by atoms with van der Waals surface area (Å²) >= 11 is 1.29. The number of thiazole rings is 1. The molecule has 5 rings (SSSR count). The van der Waals surface area contributed by atoms with Crippen molar-refractivity contribution < 1.29 is 14.0 Å². The van der Waals surface area contributed by atoms with E-state index in [0.717, 1.165) is 37.6 Å². The van der Waals surface area contributed by atoms with Gasteiger partial charge in [0, 0.05) is 60.6 Å². The number of anilines is 2. The Morgan fingerprint density at radius 1 is 1.18 bits per heavy atom. The molecule has 8 nitrogen and oxygen atoms in total. The number of fused-ring (bicyclic) bond motifs is 1. The van der Waals surface area contributed by atoms with E-state index >= 15 is 0 Å². The second-order valence-electron chi connectivity index (χ2n) is 7.67. The summed E-state index contributed by atoms with van der Waals surface area (Å²) in [6.45, 7) is 3.51. The summed E-state index contributed by atoms with van der Waals surface area (Å²) < 4.78 is 14.9. The van der Waals surface area contributed by atoms with Crippen LogP contribution in [0.25, 0.3) is 11.1 Å². The van der Waals surface area contributed by atoms with Crippen LogP contribution in [0.5, 0.6) is 0 Å². The van der Waals surface area contributed by atoms with E-state index in [-0.39, 0.29) is 42.9 Å². The van der Waals surface area contributed by atoms with Crippen LogP contribution in [0.1, 0.15) is 15.9 Å². The molecular formula is C22H22ClFN6O2S. The molecule has 0 radical (unpaired) electrons. The number of piperazine rings is 1. The first-order chi connectivity index (χ1) is 15.6. The van der Waals surface area contributed by atoms with Crippen LogP contribution in [-0.4, -0.2) is 59.4 Å². The van der Waals surface area contributed by atoms with Crippen LogP contribution in [0.3, 0.4) is 0 Å². The molecular weight excluding hydrogens is 467 g/mol. The summed E-state index contributed by atoms with van der Waals surface area (Å²) in [4.78, 5) is 37.2. The van der Waals surface area contributed by atoms with Gasteiger partial charge in [-0.1, -0.05) is 0 Å². The van der Waals surface area contributed by atoms with Crippen LogP contribution in [0.15, 0.2) is 42.0 Å². The zero-order chi connectivity index (χ0) is 22.1. The van der Waals surface area contributed by atoms with Crippen molar-refractivity contribution in [2.24, 2.45) is 0 Å². The smallest absolute Gasteiger partial charge is 0.255 e. The third kappa shape index (κ3) is 4.82. The van der Waals surface area contributed by atoms with E-state index in [2.05, 4.69) is 25.5 Å². The number of carbonyl (C=O) groups excluding carboxylic acids is 2. The fourth-order valence-electron chi connectivity index (χ4n) is 3.97. The third-order valence-electron chi connectivity index (χ3n) is 5.60. The van der Waals surface area contributed by atoms with Crippen molar-refractivity contribution in [3.63, 3.8) is 0 Å².